The van der Waals surface area contributed by atoms with Gasteiger partial charge in [-0.1, -0.05) is 55.5 Å². The molecule has 2 aromatic rings. The number of phenols is 1. The molecule has 0 amide bonds. The number of aromatic hydroxyl groups is 1. The molecular weight excluding hydrogens is 434 g/mol. The van der Waals surface area contributed by atoms with Gasteiger partial charge in [-0.05, 0) is 54.5 Å². The van der Waals surface area contributed by atoms with Crippen molar-refractivity contribution in [2.24, 2.45) is 0 Å². The average Bonchev–Trinajstić information content (AvgIpc) is 2.85. The summed E-state index contributed by atoms with van der Waals surface area (Å²) in [4.78, 5) is 0. The van der Waals surface area contributed by atoms with Crippen LogP contribution in [0.25, 0.3) is 11.1 Å². The minimum Gasteiger partial charge on any atom is -0.508 e. The van der Waals surface area contributed by atoms with E-state index in [1.165, 1.54) is 11.1 Å². The fraction of sp³-hybridized carbons (Fsp3) is 0.481. The third-order valence-electron chi connectivity index (χ3n) is 5.27. The highest BCUT2D eigenvalue weighted by Crippen LogP contribution is 2.23. The predicted octanol–water partition coefficient (Wildman–Crippen LogP) is 4.40. The van der Waals surface area contributed by atoms with Crippen LogP contribution in [0.5, 0.6) is 5.75 Å². The maximum Gasteiger partial charge on any atom is 0.115 e. The molecule has 2 aromatic carbocycles. The van der Waals surface area contributed by atoms with Crippen molar-refractivity contribution in [1.82, 2.24) is 5.23 Å². The number of unbranched alkanes of at least 4 members (excludes halogenated alkanes) is 2. The molecule has 1 saturated heterocycles. The summed E-state index contributed by atoms with van der Waals surface area (Å²) in [6, 6.07) is 15.8. The number of aliphatic hydroxyl groups is 2. The van der Waals surface area contributed by atoms with Crippen LogP contribution in [0.2, 0.25) is 0 Å². The Morgan fingerprint density at radius 3 is 2.32 bits per heavy atom. The summed E-state index contributed by atoms with van der Waals surface area (Å²) >= 11 is 0. The Balaban J connectivity index is 0.000000337. The molecule has 3 rings (SSSR count). The molecule has 1 heterocycles. The monoisotopic (exact) mass is 473 g/mol. The Labute approximate surface area is 203 Å². The van der Waals surface area contributed by atoms with E-state index in [4.69, 9.17) is 26.7 Å². The second-order valence-corrected chi connectivity index (χ2v) is 7.87. The zero-order valence-corrected chi connectivity index (χ0v) is 20.2. The van der Waals surface area contributed by atoms with E-state index in [-0.39, 0.29) is 24.5 Å². The number of hydrogen-bond donors (Lipinski definition) is 5. The molecule has 1 aliphatic rings. The summed E-state index contributed by atoms with van der Waals surface area (Å²) in [5.74, 6) is 2.97. The number of benzene rings is 2. The molecule has 3 unspecified atom stereocenters. The molecule has 0 spiro atoms. The predicted molar refractivity (Wildman–Crippen MR) is 133 cm³/mol. The smallest absolute Gasteiger partial charge is 0.115 e. The average molecular weight is 474 g/mol. The van der Waals surface area contributed by atoms with Crippen LogP contribution in [0.15, 0.2) is 48.5 Å². The van der Waals surface area contributed by atoms with Gasteiger partial charge in [-0.25, -0.2) is 0 Å². The van der Waals surface area contributed by atoms with E-state index in [9.17, 15) is 10.2 Å². The van der Waals surface area contributed by atoms with E-state index < -0.39 is 12.2 Å². The summed E-state index contributed by atoms with van der Waals surface area (Å²) in [6.45, 7) is 4.16. The zero-order valence-electron chi connectivity index (χ0n) is 20.2. The summed E-state index contributed by atoms with van der Waals surface area (Å²) < 4.78 is 5.15. The van der Waals surface area contributed by atoms with Gasteiger partial charge >= 0.3 is 0 Å². The topological polar surface area (TPSA) is 114 Å². The number of hydroxylamine groups is 2. The lowest BCUT2D eigenvalue weighted by atomic mass is 10.00. The summed E-state index contributed by atoms with van der Waals surface area (Å²) in [5, 5.41) is 44.6. The van der Waals surface area contributed by atoms with Crippen molar-refractivity contribution >= 4 is 0 Å². The van der Waals surface area contributed by atoms with Gasteiger partial charge in [0.05, 0.1) is 25.4 Å². The molecule has 0 aromatic heterocycles. The van der Waals surface area contributed by atoms with Crippen LogP contribution in [0.3, 0.4) is 0 Å². The van der Waals surface area contributed by atoms with Crippen molar-refractivity contribution < 1.29 is 30.5 Å². The molecule has 3 atom stereocenters. The van der Waals surface area contributed by atoms with Crippen molar-refractivity contribution in [1.29, 1.82) is 0 Å². The number of aryl methyl sites for hydroxylation is 1. The number of terminal acetylenes is 1. The lowest BCUT2D eigenvalue weighted by Crippen LogP contribution is -2.42. The third kappa shape index (κ3) is 11.6. The summed E-state index contributed by atoms with van der Waals surface area (Å²) in [7, 11) is 0. The molecular formula is C27H39NO6. The van der Waals surface area contributed by atoms with Crippen molar-refractivity contribution in [2.75, 3.05) is 13.2 Å². The largest absolute Gasteiger partial charge is 0.508 e. The molecule has 7 heteroatoms. The molecule has 0 bridgehead atoms. The normalized spacial score (nSPS) is 19.3. The van der Waals surface area contributed by atoms with Gasteiger partial charge in [-0.3, -0.25) is 10.4 Å². The van der Waals surface area contributed by atoms with Crippen molar-refractivity contribution in [3.63, 3.8) is 0 Å². The first-order chi connectivity index (χ1) is 16.4. The van der Waals surface area contributed by atoms with Crippen LogP contribution in [0, 0.1) is 12.3 Å². The molecule has 1 aliphatic heterocycles. The number of hydrogen-bond acceptors (Lipinski definition) is 7. The van der Waals surface area contributed by atoms with Crippen LogP contribution >= 0.6 is 0 Å². The number of aliphatic hydroxyl groups excluding tert-OH is 2. The maximum absolute atomic E-state index is 9.31. The van der Waals surface area contributed by atoms with E-state index in [1.54, 1.807) is 12.1 Å². The third-order valence-corrected chi connectivity index (χ3v) is 5.27. The van der Waals surface area contributed by atoms with Gasteiger partial charge < -0.3 is 20.1 Å². The Morgan fingerprint density at radius 1 is 1.00 bits per heavy atom. The number of nitrogens with zero attached hydrogens (tertiary/aromatic N) is 1. The van der Waals surface area contributed by atoms with Crippen LogP contribution in [-0.4, -0.2) is 62.4 Å². The SMILES string of the molecule is C#CCCCCc1cccc(-c2ccc(O)cc2)c1.CC.OC1COC(CCN(O)O)CC1O. The maximum atomic E-state index is 9.31. The molecule has 5 N–H and O–H groups in total. The van der Waals surface area contributed by atoms with Gasteiger partial charge in [0, 0.05) is 12.8 Å². The second kappa shape index (κ2) is 17.1. The van der Waals surface area contributed by atoms with E-state index in [2.05, 4.69) is 30.2 Å². The first kappa shape index (κ1) is 29.6. The first-order valence-electron chi connectivity index (χ1n) is 11.8. The van der Waals surface area contributed by atoms with Gasteiger partial charge in [0.15, 0.2) is 0 Å². The Kier molecular flexibility index (Phi) is 14.9. The quantitative estimate of drug-likeness (QED) is 0.219. The number of rotatable bonds is 8. The lowest BCUT2D eigenvalue weighted by molar-refractivity contribution is -0.309. The highest BCUT2D eigenvalue weighted by Gasteiger charge is 2.28. The van der Waals surface area contributed by atoms with Gasteiger partial charge in [0.2, 0.25) is 0 Å². The van der Waals surface area contributed by atoms with Gasteiger partial charge in [-0.15, -0.1) is 12.3 Å². The minimum atomic E-state index is -0.824. The molecule has 0 radical (unpaired) electrons. The molecule has 188 valence electrons. The van der Waals surface area contributed by atoms with Gasteiger partial charge in [-0.2, -0.15) is 0 Å². The fourth-order valence-corrected chi connectivity index (χ4v) is 3.42. The van der Waals surface area contributed by atoms with E-state index in [0.29, 0.717) is 18.6 Å². The van der Waals surface area contributed by atoms with E-state index in [0.717, 1.165) is 31.2 Å². The molecule has 34 heavy (non-hydrogen) atoms. The second-order valence-electron chi connectivity index (χ2n) is 7.87. The highest BCUT2D eigenvalue weighted by atomic mass is 16.8. The first-order valence-corrected chi connectivity index (χ1v) is 11.8. The van der Waals surface area contributed by atoms with E-state index >= 15 is 0 Å². The summed E-state index contributed by atoms with van der Waals surface area (Å²) in [6.07, 6.45) is 8.31. The van der Waals surface area contributed by atoms with Crippen LogP contribution in [0.1, 0.15) is 51.5 Å². The van der Waals surface area contributed by atoms with Crippen molar-refractivity contribution in [3.8, 4) is 29.2 Å². The number of ether oxygens (including phenoxy) is 1. The Morgan fingerprint density at radius 2 is 1.71 bits per heavy atom. The van der Waals surface area contributed by atoms with Gasteiger partial charge in [0.25, 0.3) is 0 Å². The highest BCUT2D eigenvalue weighted by molar-refractivity contribution is 5.64. The lowest BCUT2D eigenvalue weighted by Gasteiger charge is -2.30. The number of phenolic OH excluding ortho intramolecular Hbond substituents is 1. The van der Waals surface area contributed by atoms with Crippen molar-refractivity contribution in [2.45, 2.75) is 70.7 Å². The standard InChI is InChI=1S/C18H18O.C7H15NO5.C2H6/c1-2-3-4-5-7-15-8-6-9-17(14-15)16-10-12-18(19)13-11-16;9-6-3-5(1-2-8(11)12)13-4-7(6)10;1-2/h1,6,8-14,19H,3-5,7H2;5-7,9-12H,1-4H2;1-2H3. The zero-order chi connectivity index (χ0) is 25.3. The molecule has 0 aliphatic carbocycles. The van der Waals surface area contributed by atoms with E-state index in [1.807, 2.05) is 26.0 Å². The fourth-order valence-electron chi connectivity index (χ4n) is 3.42. The molecule has 7 nitrogen and oxygen atoms in total. The summed E-state index contributed by atoms with van der Waals surface area (Å²) in [5.41, 5.74) is 3.65. The minimum absolute atomic E-state index is 0.0630. The Hall–Kier alpha value is -2.44. The Bertz CT molecular complexity index is 834. The van der Waals surface area contributed by atoms with Crippen molar-refractivity contribution in [3.05, 3.63) is 54.1 Å². The van der Waals surface area contributed by atoms with Crippen LogP contribution < -0.4 is 0 Å². The molecule has 0 saturated carbocycles. The van der Waals surface area contributed by atoms with Crippen LogP contribution in [-0.2, 0) is 11.2 Å². The van der Waals surface area contributed by atoms with Crippen LogP contribution in [0.4, 0.5) is 0 Å². The molecule has 1 fully saturated rings. The van der Waals surface area contributed by atoms with Gasteiger partial charge in [0.1, 0.15) is 11.9 Å².